The molecule has 0 aliphatic carbocycles. The lowest BCUT2D eigenvalue weighted by Gasteiger charge is -2.29. The second kappa shape index (κ2) is 9.75. The van der Waals surface area contributed by atoms with E-state index in [0.717, 1.165) is 82.0 Å². The zero-order valence-corrected chi connectivity index (χ0v) is 21.6. The largest absolute Gasteiger partial charge is 0.489 e. The third kappa shape index (κ3) is 4.22. The van der Waals surface area contributed by atoms with E-state index in [2.05, 4.69) is 62.2 Å². The van der Waals surface area contributed by atoms with Crippen LogP contribution in [0.25, 0.3) is 21.9 Å². The van der Waals surface area contributed by atoms with Crippen LogP contribution in [0.1, 0.15) is 24.2 Å². The van der Waals surface area contributed by atoms with Crippen molar-refractivity contribution in [3.05, 3.63) is 48.2 Å². The van der Waals surface area contributed by atoms with Crippen molar-refractivity contribution in [3.63, 3.8) is 0 Å². The van der Waals surface area contributed by atoms with Crippen LogP contribution >= 0.6 is 0 Å². The molecule has 6 rings (SSSR count). The Balaban J connectivity index is 1.16. The van der Waals surface area contributed by atoms with Gasteiger partial charge in [-0.2, -0.15) is 0 Å². The zero-order chi connectivity index (χ0) is 24.6. The first-order valence-electron chi connectivity index (χ1n) is 13.1. The van der Waals surface area contributed by atoms with E-state index in [0.29, 0.717) is 0 Å². The van der Waals surface area contributed by atoms with Crippen LogP contribution in [0.15, 0.2) is 36.8 Å². The van der Waals surface area contributed by atoms with E-state index in [1.807, 2.05) is 24.7 Å². The van der Waals surface area contributed by atoms with Crippen molar-refractivity contribution in [2.45, 2.75) is 44.9 Å². The molecule has 0 N–H and O–H groups in total. The molecule has 2 aliphatic rings. The number of hydrogen-bond acceptors (Lipinski definition) is 6. The maximum Gasteiger partial charge on any atom is 0.166 e. The van der Waals surface area contributed by atoms with Crippen LogP contribution < -0.4 is 9.47 Å². The minimum absolute atomic E-state index is 0.184. The highest BCUT2D eigenvalue weighted by Crippen LogP contribution is 2.38. The molecule has 6 heterocycles. The fourth-order valence-corrected chi connectivity index (χ4v) is 5.78. The molecule has 36 heavy (non-hydrogen) atoms. The Bertz CT molecular complexity index is 1370. The minimum Gasteiger partial charge on any atom is -0.489 e. The number of pyridine rings is 2. The number of ether oxygens (including phenoxy) is 2. The summed E-state index contributed by atoms with van der Waals surface area (Å²) in [7, 11) is 6.44. The fraction of sp³-hybridized carbons (Fsp3) is 0.500. The summed E-state index contributed by atoms with van der Waals surface area (Å²) in [6.45, 7) is 5.51. The summed E-state index contributed by atoms with van der Waals surface area (Å²) in [6, 6.07) is 6.28. The van der Waals surface area contributed by atoms with E-state index >= 15 is 0 Å². The van der Waals surface area contributed by atoms with Gasteiger partial charge >= 0.3 is 0 Å². The second-order valence-electron chi connectivity index (χ2n) is 10.4. The zero-order valence-electron chi connectivity index (χ0n) is 21.6. The van der Waals surface area contributed by atoms with Crippen molar-refractivity contribution in [2.75, 3.05) is 47.4 Å². The molecule has 2 aliphatic heterocycles. The maximum atomic E-state index is 6.66. The van der Waals surface area contributed by atoms with Crippen molar-refractivity contribution < 1.29 is 9.47 Å². The van der Waals surface area contributed by atoms with Gasteiger partial charge in [0, 0.05) is 50.5 Å². The van der Waals surface area contributed by atoms with Gasteiger partial charge in [0.15, 0.2) is 5.75 Å². The molecule has 0 amide bonds. The summed E-state index contributed by atoms with van der Waals surface area (Å²) in [6.07, 6.45) is 10.1. The van der Waals surface area contributed by atoms with Gasteiger partial charge < -0.3 is 28.4 Å². The highest BCUT2D eigenvalue weighted by atomic mass is 16.5. The van der Waals surface area contributed by atoms with E-state index < -0.39 is 0 Å². The molecule has 0 saturated heterocycles. The van der Waals surface area contributed by atoms with E-state index in [4.69, 9.17) is 9.47 Å². The first-order chi connectivity index (χ1) is 17.6. The second-order valence-corrected chi connectivity index (χ2v) is 10.4. The molecule has 0 spiro atoms. The number of rotatable bonds is 8. The summed E-state index contributed by atoms with van der Waals surface area (Å²) in [5.74, 6) is 2.05. The van der Waals surface area contributed by atoms with Gasteiger partial charge in [0.2, 0.25) is 0 Å². The van der Waals surface area contributed by atoms with E-state index in [-0.39, 0.29) is 6.10 Å². The Morgan fingerprint density at radius 1 is 0.972 bits per heavy atom. The molecular formula is C28H36N6O2. The van der Waals surface area contributed by atoms with Crippen molar-refractivity contribution in [1.29, 1.82) is 0 Å². The molecular weight excluding hydrogens is 452 g/mol. The standard InChI is InChI=1S/C28H36N6O2/c1-31(2)13-15-34-24-9-8-20(36-27(24)21-10-12-29-18-25(21)34)19-32(3)14-16-33-22-6-4-11-30-26(22)28-23(33)7-5-17-35-28/h4,6,10-12,18,20H,5,7-9,13-17,19H2,1-3H3. The summed E-state index contributed by atoms with van der Waals surface area (Å²) in [4.78, 5) is 13.6. The lowest BCUT2D eigenvalue weighted by atomic mass is 10.1. The highest BCUT2D eigenvalue weighted by molar-refractivity contribution is 5.88. The van der Waals surface area contributed by atoms with Crippen LogP contribution in [0.4, 0.5) is 0 Å². The van der Waals surface area contributed by atoms with Crippen molar-refractivity contribution >= 4 is 21.9 Å². The summed E-state index contributed by atoms with van der Waals surface area (Å²) in [5.41, 5.74) is 5.96. The van der Waals surface area contributed by atoms with Gasteiger partial charge in [-0.3, -0.25) is 9.97 Å². The van der Waals surface area contributed by atoms with E-state index in [9.17, 15) is 0 Å². The van der Waals surface area contributed by atoms with Crippen LogP contribution in [0.3, 0.4) is 0 Å². The molecule has 8 heteroatoms. The average molecular weight is 489 g/mol. The molecule has 8 nitrogen and oxygen atoms in total. The molecule has 0 aromatic carbocycles. The van der Waals surface area contributed by atoms with E-state index in [1.54, 1.807) is 0 Å². The van der Waals surface area contributed by atoms with Crippen LogP contribution in [0, 0.1) is 0 Å². The predicted molar refractivity (Wildman–Crippen MR) is 142 cm³/mol. The molecule has 4 aromatic heterocycles. The van der Waals surface area contributed by atoms with Crippen molar-refractivity contribution in [3.8, 4) is 11.5 Å². The molecule has 0 bridgehead atoms. The Morgan fingerprint density at radius 3 is 2.69 bits per heavy atom. The van der Waals surface area contributed by atoms with Gasteiger partial charge in [0.25, 0.3) is 0 Å². The molecule has 4 aromatic rings. The van der Waals surface area contributed by atoms with Gasteiger partial charge in [0.1, 0.15) is 17.4 Å². The van der Waals surface area contributed by atoms with E-state index in [1.165, 1.54) is 27.8 Å². The minimum atomic E-state index is 0.184. The number of likely N-dealkylation sites (N-methyl/N-ethyl adjacent to an activating group) is 2. The monoisotopic (exact) mass is 488 g/mol. The van der Waals surface area contributed by atoms with Gasteiger partial charge in [-0.25, -0.2) is 0 Å². The summed E-state index contributed by atoms with van der Waals surface area (Å²) < 4.78 is 17.5. The third-order valence-corrected chi connectivity index (χ3v) is 7.59. The SMILES string of the molecule is CN(C)CCn1c2c(c3ccncc31)OC(CN(C)CCn1c3c(c4ncccc41)OCCC3)CC2. The Hall–Kier alpha value is -3.10. The predicted octanol–water partition coefficient (Wildman–Crippen LogP) is 3.60. The molecule has 0 radical (unpaired) electrons. The Kier molecular flexibility index (Phi) is 6.31. The fourth-order valence-electron chi connectivity index (χ4n) is 5.78. The van der Waals surface area contributed by atoms with Gasteiger partial charge in [-0.05, 0) is 65.0 Å². The topological polar surface area (TPSA) is 60.6 Å². The number of aromatic nitrogens is 4. The summed E-state index contributed by atoms with van der Waals surface area (Å²) in [5, 5.41) is 1.18. The molecule has 1 unspecified atom stereocenters. The highest BCUT2D eigenvalue weighted by Gasteiger charge is 2.28. The Morgan fingerprint density at radius 2 is 1.81 bits per heavy atom. The maximum absolute atomic E-state index is 6.66. The van der Waals surface area contributed by atoms with Crippen LogP contribution in [-0.4, -0.2) is 82.4 Å². The summed E-state index contributed by atoms with van der Waals surface area (Å²) >= 11 is 0. The van der Waals surface area contributed by atoms with Gasteiger partial charge in [-0.15, -0.1) is 0 Å². The van der Waals surface area contributed by atoms with Crippen LogP contribution in [-0.2, 0) is 25.9 Å². The quantitative estimate of drug-likeness (QED) is 0.378. The molecule has 0 saturated carbocycles. The van der Waals surface area contributed by atoms with Gasteiger partial charge in [0.05, 0.1) is 35.2 Å². The first-order valence-corrected chi connectivity index (χ1v) is 13.1. The average Bonchev–Trinajstić information content (AvgIpc) is 3.38. The van der Waals surface area contributed by atoms with Crippen molar-refractivity contribution in [2.24, 2.45) is 0 Å². The number of hydrogen-bond donors (Lipinski definition) is 0. The first kappa shape index (κ1) is 23.3. The molecule has 1 atom stereocenters. The van der Waals surface area contributed by atoms with Gasteiger partial charge in [-0.1, -0.05) is 0 Å². The lowest BCUT2D eigenvalue weighted by molar-refractivity contribution is 0.125. The normalized spacial score (nSPS) is 17.4. The third-order valence-electron chi connectivity index (χ3n) is 7.59. The number of nitrogens with zero attached hydrogens (tertiary/aromatic N) is 6. The molecule has 0 fully saturated rings. The van der Waals surface area contributed by atoms with Crippen LogP contribution in [0.2, 0.25) is 0 Å². The van der Waals surface area contributed by atoms with Crippen LogP contribution in [0.5, 0.6) is 11.5 Å². The Labute approximate surface area is 212 Å². The number of fused-ring (bicyclic) bond motifs is 6. The smallest absolute Gasteiger partial charge is 0.166 e. The lowest BCUT2D eigenvalue weighted by Crippen LogP contribution is -2.37. The van der Waals surface area contributed by atoms with Crippen molar-refractivity contribution in [1.82, 2.24) is 28.9 Å². The molecule has 190 valence electrons.